The lowest BCUT2D eigenvalue weighted by atomic mass is 10.1. The minimum Gasteiger partial charge on any atom is -0.366 e. The highest BCUT2D eigenvalue weighted by molar-refractivity contribution is 6.11. The molecule has 1 aliphatic rings. The van der Waals surface area contributed by atoms with Crippen molar-refractivity contribution in [3.8, 4) is 0 Å². The van der Waals surface area contributed by atoms with E-state index in [2.05, 4.69) is 5.43 Å². The fourth-order valence-corrected chi connectivity index (χ4v) is 1.42. The van der Waals surface area contributed by atoms with Gasteiger partial charge in [-0.15, -0.1) is 0 Å². The van der Waals surface area contributed by atoms with Crippen LogP contribution in [-0.4, -0.2) is 23.9 Å². The van der Waals surface area contributed by atoms with Gasteiger partial charge >= 0.3 is 0 Å². The standard InChI is InChI=1S/C9H8N3O2/c1-12-9(14)7-5(8(10)13)3-2-4-6(7)11-12/h2-4H,1H3,(H2,10,13). The molecule has 1 aliphatic heterocycles. The van der Waals surface area contributed by atoms with Gasteiger partial charge in [0.05, 0.1) is 16.8 Å². The Labute approximate surface area is 80.5 Å². The molecule has 2 rings (SSSR count). The quantitative estimate of drug-likeness (QED) is 0.677. The normalized spacial score (nSPS) is 13.8. The van der Waals surface area contributed by atoms with E-state index in [-0.39, 0.29) is 11.5 Å². The molecule has 0 fully saturated rings. The third kappa shape index (κ3) is 1.02. The van der Waals surface area contributed by atoms with E-state index in [1.807, 2.05) is 0 Å². The lowest BCUT2D eigenvalue weighted by Gasteiger charge is -2.03. The topological polar surface area (TPSA) is 77.5 Å². The first-order valence-corrected chi connectivity index (χ1v) is 4.04. The van der Waals surface area contributed by atoms with Gasteiger partial charge in [0, 0.05) is 7.05 Å². The highest BCUT2D eigenvalue weighted by atomic mass is 16.2. The molecule has 0 unspecified atom stereocenters. The summed E-state index contributed by atoms with van der Waals surface area (Å²) >= 11 is 0. The number of hydrogen-bond donors (Lipinski definition) is 1. The van der Waals surface area contributed by atoms with Crippen molar-refractivity contribution < 1.29 is 9.59 Å². The molecular formula is C9H8N3O2. The molecular weight excluding hydrogens is 182 g/mol. The number of fused-ring (bicyclic) bond motifs is 1. The van der Waals surface area contributed by atoms with Gasteiger partial charge in [0.2, 0.25) is 5.91 Å². The Kier molecular flexibility index (Phi) is 1.67. The molecule has 1 heterocycles. The van der Waals surface area contributed by atoms with Crippen molar-refractivity contribution in [3.63, 3.8) is 0 Å². The number of primary amides is 1. The van der Waals surface area contributed by atoms with Crippen LogP contribution in [0, 0.1) is 0 Å². The Bertz CT molecular complexity index is 428. The molecule has 0 saturated carbocycles. The lowest BCUT2D eigenvalue weighted by molar-refractivity contribution is 0.0776. The average Bonchev–Trinajstić information content (AvgIpc) is 2.43. The fourth-order valence-electron chi connectivity index (χ4n) is 1.42. The summed E-state index contributed by atoms with van der Waals surface area (Å²) in [5.74, 6) is -0.907. The maximum Gasteiger partial charge on any atom is 0.276 e. The first kappa shape index (κ1) is 8.55. The Morgan fingerprint density at radius 3 is 2.86 bits per heavy atom. The van der Waals surface area contributed by atoms with E-state index in [0.29, 0.717) is 11.3 Å². The summed E-state index contributed by atoms with van der Waals surface area (Å²) in [7, 11) is 1.53. The smallest absolute Gasteiger partial charge is 0.276 e. The van der Waals surface area contributed by atoms with Crippen molar-refractivity contribution in [1.29, 1.82) is 0 Å². The van der Waals surface area contributed by atoms with Crippen LogP contribution in [0.5, 0.6) is 0 Å². The van der Waals surface area contributed by atoms with Crippen molar-refractivity contribution in [2.75, 3.05) is 7.05 Å². The van der Waals surface area contributed by atoms with E-state index in [9.17, 15) is 9.59 Å². The Morgan fingerprint density at radius 1 is 1.50 bits per heavy atom. The number of carbonyl (C=O) groups excluding carboxylic acids is 2. The third-order valence-electron chi connectivity index (χ3n) is 2.07. The minimum atomic E-state index is -0.610. The van der Waals surface area contributed by atoms with Gasteiger partial charge in [-0.05, 0) is 12.1 Å². The molecule has 2 amide bonds. The molecule has 1 radical (unpaired) electrons. The van der Waals surface area contributed by atoms with Crippen LogP contribution in [0.4, 0.5) is 5.69 Å². The van der Waals surface area contributed by atoms with Crippen LogP contribution in [0.3, 0.4) is 0 Å². The first-order valence-electron chi connectivity index (χ1n) is 4.04. The predicted octanol–water partition coefficient (Wildman–Crippen LogP) is 0.0220. The van der Waals surface area contributed by atoms with E-state index in [1.165, 1.54) is 18.1 Å². The van der Waals surface area contributed by atoms with E-state index in [1.54, 1.807) is 12.1 Å². The molecule has 0 aliphatic carbocycles. The molecule has 0 aromatic heterocycles. The Morgan fingerprint density at radius 2 is 2.21 bits per heavy atom. The average molecular weight is 190 g/mol. The lowest BCUT2D eigenvalue weighted by Crippen LogP contribution is -2.24. The summed E-state index contributed by atoms with van der Waals surface area (Å²) in [4.78, 5) is 22.6. The van der Waals surface area contributed by atoms with Crippen LogP contribution in [0.15, 0.2) is 18.2 Å². The SMILES string of the molecule is CN1[N]c2cccc(C(N)=O)c2C1=O. The molecule has 0 atom stereocenters. The molecule has 14 heavy (non-hydrogen) atoms. The highest BCUT2D eigenvalue weighted by Gasteiger charge is 2.30. The largest absolute Gasteiger partial charge is 0.366 e. The van der Waals surface area contributed by atoms with Crippen LogP contribution in [0.2, 0.25) is 0 Å². The van der Waals surface area contributed by atoms with Crippen LogP contribution in [-0.2, 0) is 0 Å². The highest BCUT2D eigenvalue weighted by Crippen LogP contribution is 2.27. The van der Waals surface area contributed by atoms with Crippen LogP contribution in [0.25, 0.3) is 0 Å². The summed E-state index contributed by atoms with van der Waals surface area (Å²) in [6.45, 7) is 0. The molecule has 2 N–H and O–H groups in total. The van der Waals surface area contributed by atoms with Gasteiger partial charge in [-0.2, -0.15) is 5.43 Å². The molecule has 71 valence electrons. The van der Waals surface area contributed by atoms with Gasteiger partial charge in [0.15, 0.2) is 0 Å². The van der Waals surface area contributed by atoms with Crippen molar-refractivity contribution >= 4 is 17.5 Å². The van der Waals surface area contributed by atoms with E-state index >= 15 is 0 Å². The number of rotatable bonds is 1. The summed E-state index contributed by atoms with van der Waals surface area (Å²) in [6, 6.07) is 4.84. The summed E-state index contributed by atoms with van der Waals surface area (Å²) in [5.41, 5.74) is 10.1. The molecule has 0 spiro atoms. The molecule has 0 bridgehead atoms. The van der Waals surface area contributed by atoms with Gasteiger partial charge in [-0.1, -0.05) is 6.07 Å². The molecule has 1 aromatic rings. The van der Waals surface area contributed by atoms with Crippen LogP contribution >= 0.6 is 0 Å². The second-order valence-electron chi connectivity index (χ2n) is 2.99. The zero-order valence-electron chi connectivity index (χ0n) is 7.52. The molecule has 0 saturated heterocycles. The van der Waals surface area contributed by atoms with Gasteiger partial charge in [-0.25, -0.2) is 5.01 Å². The minimum absolute atomic E-state index is 0.223. The maximum absolute atomic E-state index is 11.5. The number of carbonyl (C=O) groups is 2. The van der Waals surface area contributed by atoms with Crippen molar-refractivity contribution in [3.05, 3.63) is 29.3 Å². The van der Waals surface area contributed by atoms with Gasteiger partial charge in [0.1, 0.15) is 0 Å². The Balaban J connectivity index is 2.64. The van der Waals surface area contributed by atoms with Crippen molar-refractivity contribution in [2.45, 2.75) is 0 Å². The summed E-state index contributed by atoms with van der Waals surface area (Å²) in [6.07, 6.45) is 0. The van der Waals surface area contributed by atoms with Crippen LogP contribution in [0.1, 0.15) is 20.7 Å². The van der Waals surface area contributed by atoms with Crippen molar-refractivity contribution in [1.82, 2.24) is 10.4 Å². The number of hydrogen-bond acceptors (Lipinski definition) is 2. The van der Waals surface area contributed by atoms with E-state index < -0.39 is 5.91 Å². The monoisotopic (exact) mass is 190 g/mol. The number of benzene rings is 1. The number of nitrogens with zero attached hydrogens (tertiary/aromatic N) is 2. The number of nitrogens with two attached hydrogens (primary N) is 1. The molecule has 1 aromatic carbocycles. The fraction of sp³-hybridized carbons (Fsp3) is 0.111. The molecule has 5 heteroatoms. The van der Waals surface area contributed by atoms with Gasteiger partial charge in [0.25, 0.3) is 5.91 Å². The number of amides is 2. The third-order valence-corrected chi connectivity index (χ3v) is 2.07. The van der Waals surface area contributed by atoms with Crippen molar-refractivity contribution in [2.24, 2.45) is 5.73 Å². The Hall–Kier alpha value is -2.04. The molecule has 5 nitrogen and oxygen atoms in total. The first-order chi connectivity index (χ1) is 6.61. The van der Waals surface area contributed by atoms with Gasteiger partial charge in [-0.3, -0.25) is 9.59 Å². The van der Waals surface area contributed by atoms with Crippen LogP contribution < -0.4 is 11.2 Å². The zero-order chi connectivity index (χ0) is 10.3. The second-order valence-corrected chi connectivity index (χ2v) is 2.99. The van der Waals surface area contributed by atoms with Gasteiger partial charge < -0.3 is 5.73 Å². The maximum atomic E-state index is 11.5. The zero-order valence-corrected chi connectivity index (χ0v) is 7.52. The van der Waals surface area contributed by atoms with E-state index in [0.717, 1.165) is 0 Å². The summed E-state index contributed by atoms with van der Waals surface area (Å²) in [5, 5.41) is 1.19. The summed E-state index contributed by atoms with van der Waals surface area (Å²) < 4.78 is 0. The van der Waals surface area contributed by atoms with E-state index in [4.69, 9.17) is 5.73 Å². The second kappa shape index (κ2) is 2.73. The predicted molar refractivity (Wildman–Crippen MR) is 48.8 cm³/mol.